The molecule has 3 unspecified atom stereocenters. The summed E-state index contributed by atoms with van der Waals surface area (Å²) in [6.45, 7) is 0.633. The Hall–Kier alpha value is -2.32. The molecule has 126 valence electrons. The zero-order chi connectivity index (χ0) is 17.4. The summed E-state index contributed by atoms with van der Waals surface area (Å²) < 4.78 is 6.61. The van der Waals surface area contributed by atoms with E-state index < -0.39 is 6.04 Å². The third-order valence-electron chi connectivity index (χ3n) is 5.22. The van der Waals surface area contributed by atoms with Crippen LogP contribution in [0.2, 0.25) is 0 Å². The van der Waals surface area contributed by atoms with Gasteiger partial charge in [-0.1, -0.05) is 46.3 Å². The number of para-hydroxylation sites is 1. The molecule has 25 heavy (non-hydrogen) atoms. The Kier molecular flexibility index (Phi) is 4.01. The Labute approximate surface area is 154 Å². The zero-order valence-electron chi connectivity index (χ0n) is 13.5. The van der Waals surface area contributed by atoms with Gasteiger partial charge < -0.3 is 10.1 Å². The molecule has 4 rings (SSSR count). The molecule has 1 spiro atoms. The van der Waals surface area contributed by atoms with Crippen molar-refractivity contribution in [1.82, 2.24) is 5.32 Å². The van der Waals surface area contributed by atoms with E-state index in [2.05, 4.69) is 33.4 Å². The summed E-state index contributed by atoms with van der Waals surface area (Å²) in [7, 11) is 0. The molecule has 2 aromatic rings. The lowest BCUT2D eigenvalue weighted by Gasteiger charge is -2.26. The van der Waals surface area contributed by atoms with E-state index in [0.29, 0.717) is 6.61 Å². The topological polar surface area (TPSA) is 62.1 Å². The third kappa shape index (κ3) is 2.81. The average Bonchev–Trinajstić information content (AvgIpc) is 3.35. The molecule has 1 heterocycles. The van der Waals surface area contributed by atoms with Crippen LogP contribution in [0.5, 0.6) is 5.75 Å². The number of rotatable bonds is 3. The van der Waals surface area contributed by atoms with Gasteiger partial charge in [-0.15, -0.1) is 0 Å². The Morgan fingerprint density at radius 1 is 1.32 bits per heavy atom. The monoisotopic (exact) mass is 396 g/mol. The molecule has 0 saturated heterocycles. The number of nitrogens with one attached hydrogen (secondary N) is 1. The van der Waals surface area contributed by atoms with Gasteiger partial charge in [-0.2, -0.15) is 5.26 Å². The van der Waals surface area contributed by atoms with Crippen LogP contribution in [0.3, 0.4) is 0 Å². The van der Waals surface area contributed by atoms with Crippen molar-refractivity contribution >= 4 is 21.8 Å². The lowest BCUT2D eigenvalue weighted by atomic mass is 9.87. The zero-order valence-corrected chi connectivity index (χ0v) is 15.1. The number of nitrogens with zero attached hydrogens (tertiary/aromatic N) is 1. The van der Waals surface area contributed by atoms with E-state index >= 15 is 0 Å². The van der Waals surface area contributed by atoms with Crippen LogP contribution >= 0.6 is 15.9 Å². The number of carbonyl (C=O) groups is 1. The summed E-state index contributed by atoms with van der Waals surface area (Å²) in [5, 5.41) is 12.4. The molecule has 1 aliphatic carbocycles. The van der Waals surface area contributed by atoms with Crippen LogP contribution in [0.25, 0.3) is 0 Å². The summed E-state index contributed by atoms with van der Waals surface area (Å²) in [4.78, 5) is 12.8. The molecule has 2 aliphatic rings. The van der Waals surface area contributed by atoms with E-state index in [-0.39, 0.29) is 17.2 Å². The number of carbonyl (C=O) groups excluding carboxylic acids is 1. The van der Waals surface area contributed by atoms with Crippen molar-refractivity contribution in [2.45, 2.75) is 24.3 Å². The fourth-order valence-electron chi connectivity index (χ4n) is 3.82. The lowest BCUT2D eigenvalue weighted by molar-refractivity contribution is -0.123. The molecule has 1 N–H and O–H groups in total. The van der Waals surface area contributed by atoms with E-state index in [9.17, 15) is 10.1 Å². The van der Waals surface area contributed by atoms with E-state index in [0.717, 1.165) is 34.2 Å². The van der Waals surface area contributed by atoms with Crippen LogP contribution in [0.1, 0.15) is 30.0 Å². The summed E-state index contributed by atoms with van der Waals surface area (Å²) in [5.41, 5.74) is 1.78. The number of halogens is 1. The molecular formula is C20H17BrN2O2. The first-order chi connectivity index (χ1) is 12.1. The van der Waals surface area contributed by atoms with Gasteiger partial charge >= 0.3 is 0 Å². The second-order valence-corrected chi connectivity index (χ2v) is 7.55. The van der Waals surface area contributed by atoms with Gasteiger partial charge in [-0.3, -0.25) is 4.79 Å². The van der Waals surface area contributed by atoms with E-state index in [1.165, 1.54) is 0 Å². The molecule has 0 bridgehead atoms. The van der Waals surface area contributed by atoms with Crippen molar-refractivity contribution in [3.63, 3.8) is 0 Å². The maximum Gasteiger partial charge on any atom is 0.225 e. The van der Waals surface area contributed by atoms with Crippen molar-refractivity contribution in [1.29, 1.82) is 5.26 Å². The molecular weight excluding hydrogens is 380 g/mol. The fourth-order valence-corrected chi connectivity index (χ4v) is 4.24. The van der Waals surface area contributed by atoms with Gasteiger partial charge in [0.25, 0.3) is 0 Å². The highest BCUT2D eigenvalue weighted by molar-refractivity contribution is 9.10. The SMILES string of the molecule is N#CC(NC(=O)C1CC12CCOc1ccccc12)c1cccc(Br)c1. The second kappa shape index (κ2) is 6.20. The van der Waals surface area contributed by atoms with Crippen LogP contribution in [0.4, 0.5) is 0 Å². The number of hydrogen-bond donors (Lipinski definition) is 1. The van der Waals surface area contributed by atoms with Crippen LogP contribution in [0.15, 0.2) is 53.0 Å². The predicted octanol–water partition coefficient (Wildman–Crippen LogP) is 3.87. The maximum atomic E-state index is 12.8. The van der Waals surface area contributed by atoms with Gasteiger partial charge in [0.15, 0.2) is 0 Å². The van der Waals surface area contributed by atoms with Crippen LogP contribution < -0.4 is 10.1 Å². The highest BCUT2D eigenvalue weighted by atomic mass is 79.9. The van der Waals surface area contributed by atoms with E-state index in [1.807, 2.05) is 42.5 Å². The minimum absolute atomic E-state index is 0.0526. The van der Waals surface area contributed by atoms with Gasteiger partial charge in [0.2, 0.25) is 5.91 Å². The quantitative estimate of drug-likeness (QED) is 0.856. The normalized spacial score (nSPS) is 24.6. The van der Waals surface area contributed by atoms with Crippen molar-refractivity contribution in [2.24, 2.45) is 5.92 Å². The lowest BCUT2D eigenvalue weighted by Crippen LogP contribution is -2.33. The Balaban J connectivity index is 1.53. The van der Waals surface area contributed by atoms with Crippen molar-refractivity contribution in [3.8, 4) is 11.8 Å². The Bertz CT molecular complexity index is 876. The van der Waals surface area contributed by atoms with Crippen molar-refractivity contribution < 1.29 is 9.53 Å². The number of hydrogen-bond acceptors (Lipinski definition) is 3. The van der Waals surface area contributed by atoms with Gasteiger partial charge in [0.1, 0.15) is 11.8 Å². The first-order valence-electron chi connectivity index (χ1n) is 8.32. The standard InChI is InChI=1S/C20H17BrN2O2/c21-14-5-3-4-13(10-14)17(12-22)23-19(24)16-11-20(16)8-9-25-18-7-2-1-6-15(18)20/h1-7,10,16-17H,8-9,11H2,(H,23,24). The molecule has 4 nitrogen and oxygen atoms in total. The minimum atomic E-state index is -0.641. The first kappa shape index (κ1) is 16.2. The number of benzene rings is 2. The predicted molar refractivity (Wildman–Crippen MR) is 97.0 cm³/mol. The van der Waals surface area contributed by atoms with Crippen LogP contribution in [-0.4, -0.2) is 12.5 Å². The van der Waals surface area contributed by atoms with E-state index in [4.69, 9.17) is 4.74 Å². The molecule has 0 radical (unpaired) electrons. The second-order valence-electron chi connectivity index (χ2n) is 6.63. The van der Waals surface area contributed by atoms with Crippen LogP contribution in [-0.2, 0) is 10.2 Å². The summed E-state index contributed by atoms with van der Waals surface area (Å²) in [6.07, 6.45) is 1.66. The molecule has 1 saturated carbocycles. The van der Waals surface area contributed by atoms with E-state index in [1.54, 1.807) is 0 Å². The highest BCUT2D eigenvalue weighted by Gasteiger charge is 2.61. The number of fused-ring (bicyclic) bond motifs is 2. The van der Waals surface area contributed by atoms with Crippen molar-refractivity contribution in [3.05, 3.63) is 64.1 Å². The fraction of sp³-hybridized carbons (Fsp3) is 0.300. The third-order valence-corrected chi connectivity index (χ3v) is 5.71. The average molecular weight is 397 g/mol. The smallest absolute Gasteiger partial charge is 0.225 e. The molecule has 3 atom stereocenters. The van der Waals surface area contributed by atoms with Gasteiger partial charge in [-0.25, -0.2) is 0 Å². The summed E-state index contributed by atoms with van der Waals surface area (Å²) >= 11 is 3.41. The minimum Gasteiger partial charge on any atom is -0.493 e. The van der Waals surface area contributed by atoms with Crippen molar-refractivity contribution in [2.75, 3.05) is 6.61 Å². The highest BCUT2D eigenvalue weighted by Crippen LogP contribution is 2.60. The first-order valence-corrected chi connectivity index (χ1v) is 9.11. The number of amides is 1. The van der Waals surface area contributed by atoms with Gasteiger partial charge in [0, 0.05) is 21.4 Å². The Morgan fingerprint density at radius 2 is 2.16 bits per heavy atom. The van der Waals surface area contributed by atoms with Crippen LogP contribution in [0, 0.1) is 17.2 Å². The molecule has 1 fully saturated rings. The van der Waals surface area contributed by atoms with Gasteiger partial charge in [-0.05, 0) is 36.6 Å². The molecule has 0 aromatic heterocycles. The Morgan fingerprint density at radius 3 is 2.96 bits per heavy atom. The largest absolute Gasteiger partial charge is 0.493 e. The summed E-state index contributed by atoms with van der Waals surface area (Å²) in [5.74, 6) is 0.733. The van der Waals surface area contributed by atoms with Gasteiger partial charge in [0.05, 0.1) is 12.7 Å². The molecule has 1 amide bonds. The summed E-state index contributed by atoms with van der Waals surface area (Å²) in [6, 6.07) is 17.0. The molecule has 2 aromatic carbocycles. The number of nitriles is 1. The number of ether oxygens (including phenoxy) is 1. The molecule has 1 aliphatic heterocycles. The maximum absolute atomic E-state index is 12.8. The molecule has 5 heteroatoms.